The fourth-order valence-corrected chi connectivity index (χ4v) is 2.84. The van der Waals surface area contributed by atoms with Crippen LogP contribution in [0.15, 0.2) is 59.5 Å². The number of benzene rings is 2. The van der Waals surface area contributed by atoms with E-state index in [-0.39, 0.29) is 30.8 Å². The molecule has 0 aliphatic heterocycles. The van der Waals surface area contributed by atoms with Gasteiger partial charge in [0, 0.05) is 4.90 Å². The first-order chi connectivity index (χ1) is 11.6. The van der Waals surface area contributed by atoms with E-state index in [1.165, 1.54) is 0 Å². The van der Waals surface area contributed by atoms with Gasteiger partial charge >= 0.3 is 5.97 Å². The van der Waals surface area contributed by atoms with Gasteiger partial charge in [0.2, 0.25) is 0 Å². The maximum absolute atomic E-state index is 11.9. The molecule has 1 atom stereocenters. The first-order valence-corrected chi connectivity index (χ1v) is 8.96. The second kappa shape index (κ2) is 9.13. The summed E-state index contributed by atoms with van der Waals surface area (Å²) in [6, 6.07) is 17.3. The van der Waals surface area contributed by atoms with Gasteiger partial charge in [-0.1, -0.05) is 49.4 Å². The van der Waals surface area contributed by atoms with E-state index < -0.39 is 0 Å². The van der Waals surface area contributed by atoms with Crippen LogP contribution in [0.25, 0.3) is 0 Å². The number of nitrogens with one attached hydrogen (secondary N) is 1. The summed E-state index contributed by atoms with van der Waals surface area (Å²) in [5.74, 6) is -0.657. The highest BCUT2D eigenvalue weighted by Gasteiger charge is 2.14. The van der Waals surface area contributed by atoms with Crippen molar-refractivity contribution in [3.05, 3.63) is 60.2 Å². The molecule has 2 aromatic rings. The summed E-state index contributed by atoms with van der Waals surface area (Å²) < 4.78 is 5.08. The number of esters is 1. The Labute approximate surface area is 146 Å². The maximum atomic E-state index is 11.9. The number of anilines is 1. The molecule has 0 saturated heterocycles. The van der Waals surface area contributed by atoms with Crippen LogP contribution in [0.5, 0.6) is 0 Å². The number of hydrogen-bond donors (Lipinski definition) is 1. The normalized spacial score (nSPS) is 11.6. The standard InChI is InChI=1S/C19H21NO3S/c1-14(15-8-4-3-5-9-15)12-19(22)23-13-18(21)20-16-10-6-7-11-17(16)24-2/h3-11,14H,12-13H2,1-2H3,(H,20,21)/t14-/m1/s1. The van der Waals surface area contributed by atoms with Gasteiger partial charge < -0.3 is 10.1 Å². The van der Waals surface area contributed by atoms with Crippen LogP contribution in [0, 0.1) is 0 Å². The SMILES string of the molecule is CSc1ccccc1NC(=O)COC(=O)C[C@@H](C)c1ccccc1. The molecule has 1 amide bonds. The van der Waals surface area contributed by atoms with Crippen molar-refractivity contribution in [1.82, 2.24) is 0 Å². The van der Waals surface area contributed by atoms with Gasteiger partial charge in [0.15, 0.2) is 6.61 Å². The molecule has 5 heteroatoms. The third-order valence-corrected chi connectivity index (χ3v) is 4.38. The second-order valence-electron chi connectivity index (χ2n) is 5.42. The zero-order valence-electron chi connectivity index (χ0n) is 13.8. The molecule has 126 valence electrons. The largest absolute Gasteiger partial charge is 0.456 e. The molecule has 0 unspecified atom stereocenters. The minimum atomic E-state index is -0.375. The predicted molar refractivity (Wildman–Crippen MR) is 97.3 cm³/mol. The van der Waals surface area contributed by atoms with Crippen LogP contribution in [-0.4, -0.2) is 24.7 Å². The van der Waals surface area contributed by atoms with E-state index in [1.54, 1.807) is 11.8 Å². The Morgan fingerprint density at radius 1 is 1.08 bits per heavy atom. The average Bonchev–Trinajstić information content (AvgIpc) is 2.61. The van der Waals surface area contributed by atoms with E-state index in [0.717, 1.165) is 16.1 Å². The molecule has 0 fully saturated rings. The van der Waals surface area contributed by atoms with Gasteiger partial charge in [-0.25, -0.2) is 0 Å². The highest BCUT2D eigenvalue weighted by Crippen LogP contribution is 2.24. The molecule has 0 aliphatic rings. The topological polar surface area (TPSA) is 55.4 Å². The van der Waals surface area contributed by atoms with Gasteiger partial charge in [-0.15, -0.1) is 11.8 Å². The van der Waals surface area contributed by atoms with Crippen molar-refractivity contribution < 1.29 is 14.3 Å². The zero-order valence-corrected chi connectivity index (χ0v) is 14.6. The molecular weight excluding hydrogens is 322 g/mol. The van der Waals surface area contributed by atoms with Crippen molar-refractivity contribution in [2.75, 3.05) is 18.2 Å². The number of amides is 1. The number of carbonyl (C=O) groups is 2. The Bertz CT molecular complexity index is 688. The average molecular weight is 343 g/mol. The van der Waals surface area contributed by atoms with Crippen LogP contribution in [-0.2, 0) is 14.3 Å². The number of ether oxygens (including phenoxy) is 1. The lowest BCUT2D eigenvalue weighted by atomic mass is 9.98. The molecule has 4 nitrogen and oxygen atoms in total. The molecule has 24 heavy (non-hydrogen) atoms. The maximum Gasteiger partial charge on any atom is 0.306 e. The van der Waals surface area contributed by atoms with Crippen molar-refractivity contribution in [3.63, 3.8) is 0 Å². The molecule has 0 radical (unpaired) electrons. The number of thioether (sulfide) groups is 1. The smallest absolute Gasteiger partial charge is 0.306 e. The van der Waals surface area contributed by atoms with Gasteiger partial charge in [-0.2, -0.15) is 0 Å². The lowest BCUT2D eigenvalue weighted by molar-refractivity contribution is -0.147. The predicted octanol–water partition coefficient (Wildman–Crippen LogP) is 4.08. The van der Waals surface area contributed by atoms with Gasteiger partial charge in [-0.3, -0.25) is 9.59 Å². The Morgan fingerprint density at radius 2 is 1.75 bits per heavy atom. The Kier molecular flexibility index (Phi) is 6.88. The first kappa shape index (κ1) is 18.1. The van der Waals surface area contributed by atoms with Crippen LogP contribution in [0.4, 0.5) is 5.69 Å². The molecule has 1 N–H and O–H groups in total. The summed E-state index contributed by atoms with van der Waals surface area (Å²) >= 11 is 1.55. The highest BCUT2D eigenvalue weighted by molar-refractivity contribution is 7.98. The van der Waals surface area contributed by atoms with Crippen LogP contribution in [0.3, 0.4) is 0 Å². The van der Waals surface area contributed by atoms with Crippen LogP contribution < -0.4 is 5.32 Å². The van der Waals surface area contributed by atoms with Gasteiger partial charge in [0.25, 0.3) is 5.91 Å². The van der Waals surface area contributed by atoms with E-state index in [0.29, 0.717) is 0 Å². The van der Waals surface area contributed by atoms with Crippen molar-refractivity contribution >= 4 is 29.3 Å². The van der Waals surface area contributed by atoms with Crippen LogP contribution in [0.2, 0.25) is 0 Å². The van der Waals surface area contributed by atoms with Gasteiger partial charge in [0.05, 0.1) is 12.1 Å². The number of carbonyl (C=O) groups excluding carboxylic acids is 2. The summed E-state index contributed by atoms with van der Waals surface area (Å²) in [6.45, 7) is 1.69. The molecule has 2 aromatic carbocycles. The van der Waals surface area contributed by atoms with E-state index in [2.05, 4.69) is 5.32 Å². The van der Waals surface area contributed by atoms with E-state index in [4.69, 9.17) is 4.74 Å². The fourth-order valence-electron chi connectivity index (χ4n) is 2.29. The molecule has 0 bridgehead atoms. The molecule has 0 heterocycles. The van der Waals surface area contributed by atoms with Crippen molar-refractivity contribution in [2.24, 2.45) is 0 Å². The summed E-state index contributed by atoms with van der Waals surface area (Å²) in [6.07, 6.45) is 2.19. The van der Waals surface area contributed by atoms with Crippen LogP contribution in [0.1, 0.15) is 24.8 Å². The Balaban J connectivity index is 1.80. The minimum absolute atomic E-state index is 0.0546. The summed E-state index contributed by atoms with van der Waals surface area (Å²) in [5.41, 5.74) is 1.80. The lowest BCUT2D eigenvalue weighted by Gasteiger charge is -2.12. The minimum Gasteiger partial charge on any atom is -0.456 e. The quantitative estimate of drug-likeness (QED) is 0.608. The van der Waals surface area contributed by atoms with Gasteiger partial charge in [-0.05, 0) is 29.9 Å². The van der Waals surface area contributed by atoms with Gasteiger partial charge in [0.1, 0.15) is 0 Å². The third-order valence-electron chi connectivity index (χ3n) is 3.59. The summed E-state index contributed by atoms with van der Waals surface area (Å²) in [7, 11) is 0. The number of hydrogen-bond acceptors (Lipinski definition) is 4. The zero-order chi connectivity index (χ0) is 17.4. The fraction of sp³-hybridized carbons (Fsp3) is 0.263. The highest BCUT2D eigenvalue weighted by atomic mass is 32.2. The molecule has 0 aliphatic carbocycles. The summed E-state index contributed by atoms with van der Waals surface area (Å²) in [4.78, 5) is 24.8. The molecule has 0 spiro atoms. The first-order valence-electron chi connectivity index (χ1n) is 7.73. The molecule has 0 saturated carbocycles. The Hall–Kier alpha value is -2.27. The van der Waals surface area contributed by atoms with Crippen LogP contribution >= 0.6 is 11.8 Å². The van der Waals surface area contributed by atoms with E-state index >= 15 is 0 Å². The number of para-hydroxylation sites is 1. The van der Waals surface area contributed by atoms with Crippen molar-refractivity contribution in [2.45, 2.75) is 24.2 Å². The molecular formula is C19H21NO3S. The number of rotatable bonds is 7. The molecule has 2 rings (SSSR count). The van der Waals surface area contributed by atoms with E-state index in [1.807, 2.05) is 67.8 Å². The third kappa shape index (κ3) is 5.42. The lowest BCUT2D eigenvalue weighted by Crippen LogP contribution is -2.21. The monoisotopic (exact) mass is 343 g/mol. The molecule has 0 aromatic heterocycles. The van der Waals surface area contributed by atoms with Crippen molar-refractivity contribution in [1.29, 1.82) is 0 Å². The van der Waals surface area contributed by atoms with Crippen molar-refractivity contribution in [3.8, 4) is 0 Å². The van der Waals surface area contributed by atoms with E-state index in [9.17, 15) is 9.59 Å². The Morgan fingerprint density at radius 3 is 2.46 bits per heavy atom. The summed E-state index contributed by atoms with van der Waals surface area (Å²) in [5, 5.41) is 2.76. The second-order valence-corrected chi connectivity index (χ2v) is 6.27.